The predicted octanol–water partition coefficient (Wildman–Crippen LogP) is 4.28. The van der Waals surface area contributed by atoms with Crippen molar-refractivity contribution >= 4 is 17.3 Å². The maximum absolute atomic E-state index is 6.00. The fraction of sp³-hybridized carbons (Fsp3) is 0.250. The summed E-state index contributed by atoms with van der Waals surface area (Å²) in [5, 5.41) is 3.96. The van der Waals surface area contributed by atoms with Crippen molar-refractivity contribution in [2.24, 2.45) is 0 Å². The zero-order valence-electron chi connectivity index (χ0n) is 11.9. The molecule has 0 heterocycles. The number of methoxy groups -OCH3 is 2. The Bertz CT molecular complexity index is 599. The van der Waals surface area contributed by atoms with Crippen molar-refractivity contribution < 1.29 is 9.47 Å². The summed E-state index contributed by atoms with van der Waals surface area (Å²) >= 11 is 6.00. The second kappa shape index (κ2) is 6.53. The molecule has 0 bridgehead atoms. The van der Waals surface area contributed by atoms with E-state index in [1.165, 1.54) is 5.56 Å². The van der Waals surface area contributed by atoms with E-state index in [2.05, 4.69) is 11.4 Å². The third-order valence-corrected chi connectivity index (χ3v) is 3.42. The molecule has 0 aliphatic carbocycles. The molecule has 2 aromatic carbocycles. The average Bonchev–Trinajstić information content (AvgIpc) is 2.46. The summed E-state index contributed by atoms with van der Waals surface area (Å²) in [5.74, 6) is 1.57. The van der Waals surface area contributed by atoms with E-state index in [0.29, 0.717) is 10.8 Å². The van der Waals surface area contributed by atoms with Crippen LogP contribution in [-0.4, -0.2) is 14.2 Å². The lowest BCUT2D eigenvalue weighted by molar-refractivity contribution is 0.411. The van der Waals surface area contributed by atoms with Gasteiger partial charge in [-0.1, -0.05) is 23.7 Å². The third kappa shape index (κ3) is 3.36. The first-order chi connectivity index (χ1) is 9.63. The minimum Gasteiger partial charge on any atom is -0.496 e. The van der Waals surface area contributed by atoms with Crippen LogP contribution in [-0.2, 0) is 6.54 Å². The van der Waals surface area contributed by atoms with Gasteiger partial charge in [-0.15, -0.1) is 0 Å². The van der Waals surface area contributed by atoms with Gasteiger partial charge in [0.25, 0.3) is 0 Å². The van der Waals surface area contributed by atoms with Gasteiger partial charge in [0.05, 0.1) is 19.2 Å². The van der Waals surface area contributed by atoms with Crippen molar-refractivity contribution in [1.82, 2.24) is 0 Å². The van der Waals surface area contributed by atoms with Gasteiger partial charge in [0.1, 0.15) is 11.5 Å². The van der Waals surface area contributed by atoms with Gasteiger partial charge >= 0.3 is 0 Å². The molecule has 20 heavy (non-hydrogen) atoms. The number of anilines is 1. The SMILES string of the molecule is COc1ccc(CNc2ccc(Cl)c(OC)c2)cc1C. The lowest BCUT2D eigenvalue weighted by Gasteiger charge is -2.11. The summed E-state index contributed by atoms with van der Waals surface area (Å²) < 4.78 is 10.5. The number of ether oxygens (including phenoxy) is 2. The molecule has 0 saturated heterocycles. The molecule has 2 rings (SSSR count). The van der Waals surface area contributed by atoms with Gasteiger partial charge in [0, 0.05) is 18.3 Å². The predicted molar refractivity (Wildman–Crippen MR) is 83.1 cm³/mol. The minimum atomic E-state index is 0.610. The molecular formula is C16H18ClNO2. The maximum atomic E-state index is 6.00. The van der Waals surface area contributed by atoms with E-state index >= 15 is 0 Å². The van der Waals surface area contributed by atoms with Crippen LogP contribution in [0.25, 0.3) is 0 Å². The molecule has 0 saturated carbocycles. The van der Waals surface area contributed by atoms with E-state index < -0.39 is 0 Å². The first-order valence-electron chi connectivity index (χ1n) is 6.35. The molecule has 0 radical (unpaired) electrons. The highest BCUT2D eigenvalue weighted by Crippen LogP contribution is 2.27. The van der Waals surface area contributed by atoms with Crippen molar-refractivity contribution in [3.8, 4) is 11.5 Å². The van der Waals surface area contributed by atoms with Gasteiger partial charge < -0.3 is 14.8 Å². The van der Waals surface area contributed by atoms with Crippen LogP contribution >= 0.6 is 11.6 Å². The normalized spacial score (nSPS) is 10.2. The average molecular weight is 292 g/mol. The Hall–Kier alpha value is -1.87. The molecular weight excluding hydrogens is 274 g/mol. The van der Waals surface area contributed by atoms with Crippen molar-refractivity contribution in [2.45, 2.75) is 13.5 Å². The van der Waals surface area contributed by atoms with Crippen LogP contribution in [0.2, 0.25) is 5.02 Å². The Morgan fingerprint density at radius 3 is 2.40 bits per heavy atom. The molecule has 0 fully saturated rings. The fourth-order valence-corrected chi connectivity index (χ4v) is 2.22. The first kappa shape index (κ1) is 14.5. The molecule has 0 atom stereocenters. The Balaban J connectivity index is 2.07. The lowest BCUT2D eigenvalue weighted by Crippen LogP contribution is -2.00. The summed E-state index contributed by atoms with van der Waals surface area (Å²) in [4.78, 5) is 0. The monoisotopic (exact) mass is 291 g/mol. The lowest BCUT2D eigenvalue weighted by atomic mass is 10.1. The van der Waals surface area contributed by atoms with E-state index in [4.69, 9.17) is 21.1 Å². The van der Waals surface area contributed by atoms with E-state index in [9.17, 15) is 0 Å². The second-order valence-electron chi connectivity index (χ2n) is 4.51. The van der Waals surface area contributed by atoms with Gasteiger partial charge in [0.2, 0.25) is 0 Å². The van der Waals surface area contributed by atoms with Gasteiger partial charge in [-0.2, -0.15) is 0 Å². The van der Waals surface area contributed by atoms with Crippen LogP contribution in [0.4, 0.5) is 5.69 Å². The highest BCUT2D eigenvalue weighted by molar-refractivity contribution is 6.32. The molecule has 0 unspecified atom stereocenters. The molecule has 0 amide bonds. The number of nitrogens with one attached hydrogen (secondary N) is 1. The van der Waals surface area contributed by atoms with E-state index in [1.807, 2.05) is 37.3 Å². The molecule has 0 spiro atoms. The molecule has 0 aliphatic rings. The first-order valence-corrected chi connectivity index (χ1v) is 6.72. The molecule has 1 N–H and O–H groups in total. The Morgan fingerprint density at radius 2 is 1.75 bits per heavy atom. The number of rotatable bonds is 5. The number of halogens is 1. The summed E-state index contributed by atoms with van der Waals surface area (Å²) in [6, 6.07) is 11.8. The largest absolute Gasteiger partial charge is 0.496 e. The van der Waals surface area contributed by atoms with E-state index in [1.54, 1.807) is 14.2 Å². The third-order valence-electron chi connectivity index (χ3n) is 3.11. The molecule has 106 valence electrons. The second-order valence-corrected chi connectivity index (χ2v) is 4.91. The van der Waals surface area contributed by atoms with Crippen LogP contribution in [0, 0.1) is 6.92 Å². The quantitative estimate of drug-likeness (QED) is 0.892. The summed E-state index contributed by atoms with van der Waals surface area (Å²) in [6.45, 7) is 2.77. The van der Waals surface area contributed by atoms with Crippen LogP contribution in [0.1, 0.15) is 11.1 Å². The Labute approximate surface area is 124 Å². The van der Waals surface area contributed by atoms with Gasteiger partial charge in [-0.25, -0.2) is 0 Å². The Kier molecular flexibility index (Phi) is 4.74. The number of hydrogen-bond donors (Lipinski definition) is 1. The molecule has 3 nitrogen and oxygen atoms in total. The van der Waals surface area contributed by atoms with Crippen LogP contribution < -0.4 is 14.8 Å². The van der Waals surface area contributed by atoms with Crippen LogP contribution in [0.5, 0.6) is 11.5 Å². The van der Waals surface area contributed by atoms with Crippen molar-refractivity contribution in [2.75, 3.05) is 19.5 Å². The van der Waals surface area contributed by atoms with E-state index in [-0.39, 0.29) is 0 Å². The molecule has 0 aliphatic heterocycles. The zero-order valence-corrected chi connectivity index (χ0v) is 12.6. The molecule has 4 heteroatoms. The molecule has 2 aromatic rings. The summed E-state index contributed by atoms with van der Waals surface area (Å²) in [6.07, 6.45) is 0. The fourth-order valence-electron chi connectivity index (χ4n) is 2.02. The summed E-state index contributed by atoms with van der Waals surface area (Å²) in [7, 11) is 3.29. The van der Waals surface area contributed by atoms with Gasteiger partial charge in [-0.3, -0.25) is 0 Å². The summed E-state index contributed by atoms with van der Waals surface area (Å²) in [5.41, 5.74) is 3.29. The molecule has 0 aromatic heterocycles. The number of benzene rings is 2. The minimum absolute atomic E-state index is 0.610. The van der Waals surface area contributed by atoms with Crippen molar-refractivity contribution in [1.29, 1.82) is 0 Å². The maximum Gasteiger partial charge on any atom is 0.139 e. The van der Waals surface area contributed by atoms with Gasteiger partial charge in [0.15, 0.2) is 0 Å². The number of aryl methyl sites for hydroxylation is 1. The van der Waals surface area contributed by atoms with Crippen LogP contribution in [0.15, 0.2) is 36.4 Å². The highest BCUT2D eigenvalue weighted by atomic mass is 35.5. The number of hydrogen-bond acceptors (Lipinski definition) is 3. The van der Waals surface area contributed by atoms with Gasteiger partial charge in [-0.05, 0) is 36.2 Å². The topological polar surface area (TPSA) is 30.5 Å². The van der Waals surface area contributed by atoms with Crippen molar-refractivity contribution in [3.63, 3.8) is 0 Å². The standard InChI is InChI=1S/C16H18ClNO2/c1-11-8-12(4-7-15(11)19-2)10-18-13-5-6-14(17)16(9-13)20-3/h4-9,18H,10H2,1-3H3. The smallest absolute Gasteiger partial charge is 0.139 e. The zero-order chi connectivity index (χ0) is 14.5. The van der Waals surface area contributed by atoms with Crippen LogP contribution in [0.3, 0.4) is 0 Å². The van der Waals surface area contributed by atoms with Crippen molar-refractivity contribution in [3.05, 3.63) is 52.5 Å². The highest BCUT2D eigenvalue weighted by Gasteiger charge is 2.03. The van der Waals surface area contributed by atoms with E-state index in [0.717, 1.165) is 23.5 Å². The Morgan fingerprint density at radius 1 is 1.00 bits per heavy atom.